The minimum absolute atomic E-state index is 0.193. The van der Waals surface area contributed by atoms with E-state index in [1.54, 1.807) is 0 Å². The summed E-state index contributed by atoms with van der Waals surface area (Å²) in [4.78, 5) is 23.0. The SMILES string of the molecule is O=C(CN1CCN(c2ccccn2)CC1)N1CCC(O)CC1. The van der Waals surface area contributed by atoms with Gasteiger partial charge >= 0.3 is 0 Å². The second kappa shape index (κ2) is 7.07. The third-order valence-electron chi connectivity index (χ3n) is 4.52. The van der Waals surface area contributed by atoms with E-state index in [0.29, 0.717) is 32.5 Å². The number of aromatic nitrogens is 1. The predicted octanol–water partition coefficient (Wildman–Crippen LogP) is 0.187. The largest absolute Gasteiger partial charge is 0.393 e. The van der Waals surface area contributed by atoms with Crippen LogP contribution in [0.15, 0.2) is 24.4 Å². The first-order chi connectivity index (χ1) is 10.7. The van der Waals surface area contributed by atoms with Crippen molar-refractivity contribution in [1.82, 2.24) is 14.8 Å². The first-order valence-electron chi connectivity index (χ1n) is 8.06. The molecule has 0 spiro atoms. The van der Waals surface area contributed by atoms with Crippen LogP contribution in [0.3, 0.4) is 0 Å². The van der Waals surface area contributed by atoms with Crippen LogP contribution in [0.2, 0.25) is 0 Å². The number of pyridine rings is 1. The fourth-order valence-electron chi connectivity index (χ4n) is 3.08. The van der Waals surface area contributed by atoms with Gasteiger partial charge in [-0.2, -0.15) is 0 Å². The van der Waals surface area contributed by atoms with Gasteiger partial charge in [-0.25, -0.2) is 4.98 Å². The Morgan fingerprint density at radius 2 is 1.86 bits per heavy atom. The maximum absolute atomic E-state index is 12.3. The number of likely N-dealkylation sites (tertiary alicyclic amines) is 1. The Morgan fingerprint density at radius 3 is 2.50 bits per heavy atom. The number of nitrogens with zero attached hydrogens (tertiary/aromatic N) is 4. The summed E-state index contributed by atoms with van der Waals surface area (Å²) >= 11 is 0. The molecule has 2 fully saturated rings. The van der Waals surface area contributed by atoms with Gasteiger partial charge in [0, 0.05) is 45.5 Å². The third-order valence-corrected chi connectivity index (χ3v) is 4.52. The van der Waals surface area contributed by atoms with E-state index in [4.69, 9.17) is 0 Å². The summed E-state index contributed by atoms with van der Waals surface area (Å²) in [5.74, 6) is 1.21. The normalized spacial score (nSPS) is 21.1. The zero-order chi connectivity index (χ0) is 15.4. The van der Waals surface area contributed by atoms with Gasteiger partial charge in [0.25, 0.3) is 0 Å². The molecule has 6 nitrogen and oxygen atoms in total. The van der Waals surface area contributed by atoms with Crippen molar-refractivity contribution in [1.29, 1.82) is 0 Å². The molecule has 0 unspecified atom stereocenters. The van der Waals surface area contributed by atoms with E-state index in [2.05, 4.69) is 14.8 Å². The fraction of sp³-hybridized carbons (Fsp3) is 0.625. The molecule has 2 saturated heterocycles. The van der Waals surface area contributed by atoms with Crippen LogP contribution in [0, 0.1) is 0 Å². The summed E-state index contributed by atoms with van der Waals surface area (Å²) in [6.45, 7) is 5.46. The Hall–Kier alpha value is -1.66. The molecule has 0 atom stereocenters. The van der Waals surface area contributed by atoms with Crippen LogP contribution >= 0.6 is 0 Å². The maximum Gasteiger partial charge on any atom is 0.236 e. The van der Waals surface area contributed by atoms with Crippen LogP contribution in [0.1, 0.15) is 12.8 Å². The monoisotopic (exact) mass is 304 g/mol. The van der Waals surface area contributed by atoms with Gasteiger partial charge < -0.3 is 14.9 Å². The molecule has 1 aromatic rings. The summed E-state index contributed by atoms with van der Waals surface area (Å²) in [7, 11) is 0. The zero-order valence-corrected chi connectivity index (χ0v) is 12.9. The van der Waals surface area contributed by atoms with Crippen molar-refractivity contribution in [3.63, 3.8) is 0 Å². The van der Waals surface area contributed by atoms with Crippen molar-refractivity contribution in [2.24, 2.45) is 0 Å². The molecule has 2 aliphatic rings. The highest BCUT2D eigenvalue weighted by molar-refractivity contribution is 5.78. The van der Waals surface area contributed by atoms with Gasteiger partial charge in [-0.3, -0.25) is 9.69 Å². The van der Waals surface area contributed by atoms with E-state index < -0.39 is 0 Å². The van der Waals surface area contributed by atoms with E-state index >= 15 is 0 Å². The van der Waals surface area contributed by atoms with E-state index in [1.165, 1.54) is 0 Å². The van der Waals surface area contributed by atoms with E-state index in [9.17, 15) is 9.90 Å². The number of carbonyl (C=O) groups is 1. The molecule has 0 bridgehead atoms. The van der Waals surface area contributed by atoms with E-state index in [0.717, 1.165) is 32.0 Å². The Morgan fingerprint density at radius 1 is 1.14 bits per heavy atom. The van der Waals surface area contributed by atoms with Crippen molar-refractivity contribution in [3.05, 3.63) is 24.4 Å². The van der Waals surface area contributed by atoms with Crippen molar-refractivity contribution < 1.29 is 9.90 Å². The zero-order valence-electron chi connectivity index (χ0n) is 12.9. The number of hydrogen-bond acceptors (Lipinski definition) is 5. The molecule has 0 radical (unpaired) electrons. The molecule has 1 aromatic heterocycles. The van der Waals surface area contributed by atoms with Gasteiger partial charge in [-0.05, 0) is 25.0 Å². The molecule has 120 valence electrons. The molecular formula is C16H24N4O2. The van der Waals surface area contributed by atoms with Crippen LogP contribution in [0.4, 0.5) is 5.82 Å². The van der Waals surface area contributed by atoms with Gasteiger partial charge in [0.05, 0.1) is 12.6 Å². The van der Waals surface area contributed by atoms with Gasteiger partial charge in [0.15, 0.2) is 0 Å². The Labute approximate surface area is 131 Å². The first-order valence-corrected chi connectivity index (χ1v) is 8.06. The Balaban J connectivity index is 1.45. The lowest BCUT2D eigenvalue weighted by atomic mass is 10.1. The lowest BCUT2D eigenvalue weighted by molar-refractivity contribution is -0.134. The second-order valence-corrected chi connectivity index (χ2v) is 6.06. The minimum atomic E-state index is -0.231. The molecule has 22 heavy (non-hydrogen) atoms. The predicted molar refractivity (Wildman–Crippen MR) is 84.7 cm³/mol. The quantitative estimate of drug-likeness (QED) is 0.864. The maximum atomic E-state index is 12.3. The number of carbonyl (C=O) groups excluding carboxylic acids is 1. The number of aliphatic hydroxyl groups excluding tert-OH is 1. The Bertz CT molecular complexity index is 480. The van der Waals surface area contributed by atoms with Crippen molar-refractivity contribution in [2.45, 2.75) is 18.9 Å². The van der Waals surface area contributed by atoms with Crippen molar-refractivity contribution >= 4 is 11.7 Å². The lowest BCUT2D eigenvalue weighted by Crippen LogP contribution is -2.51. The molecule has 0 aromatic carbocycles. The molecule has 1 N–H and O–H groups in total. The van der Waals surface area contributed by atoms with Crippen LogP contribution in [-0.4, -0.2) is 77.7 Å². The van der Waals surface area contributed by atoms with Crippen LogP contribution < -0.4 is 4.90 Å². The molecule has 3 heterocycles. The first kappa shape index (κ1) is 15.2. The number of anilines is 1. The molecule has 0 aliphatic carbocycles. The van der Waals surface area contributed by atoms with Gasteiger partial charge in [-0.15, -0.1) is 0 Å². The molecular weight excluding hydrogens is 280 g/mol. The van der Waals surface area contributed by atoms with Crippen LogP contribution in [0.5, 0.6) is 0 Å². The lowest BCUT2D eigenvalue weighted by Gasteiger charge is -2.37. The Kier molecular flexibility index (Phi) is 4.90. The number of amides is 1. The summed E-state index contributed by atoms with van der Waals surface area (Å²) in [5.41, 5.74) is 0. The number of aliphatic hydroxyl groups is 1. The van der Waals surface area contributed by atoms with Crippen molar-refractivity contribution in [2.75, 3.05) is 50.7 Å². The highest BCUT2D eigenvalue weighted by Crippen LogP contribution is 2.14. The van der Waals surface area contributed by atoms with E-state index in [-0.39, 0.29) is 12.0 Å². The molecule has 0 saturated carbocycles. The van der Waals surface area contributed by atoms with Crippen LogP contribution in [-0.2, 0) is 4.79 Å². The second-order valence-electron chi connectivity index (χ2n) is 6.06. The highest BCUT2D eigenvalue weighted by Gasteiger charge is 2.25. The molecule has 2 aliphatic heterocycles. The topological polar surface area (TPSA) is 59.9 Å². The fourth-order valence-corrected chi connectivity index (χ4v) is 3.08. The minimum Gasteiger partial charge on any atom is -0.393 e. The van der Waals surface area contributed by atoms with Gasteiger partial charge in [0.2, 0.25) is 5.91 Å². The van der Waals surface area contributed by atoms with Gasteiger partial charge in [-0.1, -0.05) is 6.07 Å². The smallest absolute Gasteiger partial charge is 0.236 e. The molecule has 3 rings (SSSR count). The summed E-state index contributed by atoms with van der Waals surface area (Å²) in [5, 5.41) is 9.51. The number of piperidine rings is 1. The highest BCUT2D eigenvalue weighted by atomic mass is 16.3. The van der Waals surface area contributed by atoms with Crippen molar-refractivity contribution in [3.8, 4) is 0 Å². The van der Waals surface area contributed by atoms with Gasteiger partial charge in [0.1, 0.15) is 5.82 Å². The average Bonchev–Trinajstić information content (AvgIpc) is 2.57. The number of piperazine rings is 1. The standard InChI is InChI=1S/C16H24N4O2/c21-14-4-7-20(8-5-14)16(22)13-18-9-11-19(12-10-18)15-3-1-2-6-17-15/h1-3,6,14,21H,4-5,7-13H2. The summed E-state index contributed by atoms with van der Waals surface area (Å²) in [6.07, 6.45) is 3.00. The number of rotatable bonds is 3. The molecule has 6 heteroatoms. The average molecular weight is 304 g/mol. The van der Waals surface area contributed by atoms with E-state index in [1.807, 2.05) is 29.3 Å². The molecule has 1 amide bonds. The summed E-state index contributed by atoms with van der Waals surface area (Å²) in [6, 6.07) is 5.96. The number of hydrogen-bond donors (Lipinski definition) is 1. The summed E-state index contributed by atoms with van der Waals surface area (Å²) < 4.78 is 0. The third kappa shape index (κ3) is 3.75. The van der Waals surface area contributed by atoms with Crippen LogP contribution in [0.25, 0.3) is 0 Å².